The molecule has 3 aliphatic rings. The van der Waals surface area contributed by atoms with Crippen LogP contribution in [0, 0.1) is 0 Å². The third-order valence-corrected chi connectivity index (χ3v) is 34.7. The van der Waals surface area contributed by atoms with E-state index >= 15 is 0 Å². The molecule has 0 aliphatic carbocycles. The Hall–Kier alpha value is -8.20. The molecular formula is C86H88B3Br3Cl6N14O18S7. The number of halogens is 9. The second-order valence-electron chi connectivity index (χ2n) is 32.5. The maximum atomic E-state index is 13.7. The van der Waals surface area contributed by atoms with E-state index in [2.05, 4.69) is 103 Å². The molecule has 0 unspecified atom stereocenters. The molecule has 51 heteroatoms. The first-order chi connectivity index (χ1) is 63.8. The molecule has 5 aromatic carbocycles. The van der Waals surface area contributed by atoms with Gasteiger partial charge in [0, 0.05) is 58.6 Å². The van der Waals surface area contributed by atoms with Crippen LogP contribution in [-0.4, -0.2) is 153 Å². The minimum Gasteiger partial charge on any atom is -0.405 e. The quantitative estimate of drug-likeness (QED) is 0.0352. The van der Waals surface area contributed by atoms with Gasteiger partial charge >= 0.3 is 21.1 Å². The highest BCUT2D eigenvalue weighted by atomic mass is 79.9. The van der Waals surface area contributed by atoms with Gasteiger partial charge in [-0.05, 0) is 247 Å². The largest absolute Gasteiger partial charge is 0.496 e. The number of alkyl halides is 2. The molecular weight excluding hydrogens is 2230 g/mol. The van der Waals surface area contributed by atoms with E-state index in [1.165, 1.54) is 176 Å². The molecule has 5 N–H and O–H groups in total. The third-order valence-electron chi connectivity index (χ3n) is 20.7. The molecule has 137 heavy (non-hydrogen) atoms. The predicted molar refractivity (Wildman–Crippen MR) is 553 cm³/mol. The number of carbonyl (C=O) groups excluding carboxylic acids is 2. The number of nitrogens with one attached hydrogen (secondary N) is 3. The highest BCUT2D eigenvalue weighted by Crippen LogP contribution is 2.45. The van der Waals surface area contributed by atoms with Crippen LogP contribution >= 0.6 is 140 Å². The zero-order valence-corrected chi connectivity index (χ0v) is 90.3. The minimum absolute atomic E-state index is 0.0186. The second-order valence-corrected chi connectivity index (χ2v) is 49.3. The number of sulfonamides is 5. The molecule has 724 valence electrons. The summed E-state index contributed by atoms with van der Waals surface area (Å²) in [5.74, 6) is -0.338. The number of thiazole rings is 2. The minimum atomic E-state index is -4.63. The summed E-state index contributed by atoms with van der Waals surface area (Å²) in [6, 6.07) is 50.0. The van der Waals surface area contributed by atoms with Crippen LogP contribution < -0.4 is 34.0 Å². The first-order valence-corrected chi connectivity index (χ1v) is 54.1. The van der Waals surface area contributed by atoms with Crippen LogP contribution in [0.1, 0.15) is 104 Å². The highest BCUT2D eigenvalue weighted by molar-refractivity contribution is 9.11. The summed E-state index contributed by atoms with van der Waals surface area (Å²) in [7, 11) is -23.9. The molecule has 3 aliphatic heterocycles. The van der Waals surface area contributed by atoms with Gasteiger partial charge in [-0.1, -0.05) is 160 Å². The van der Waals surface area contributed by atoms with Crippen LogP contribution in [0.15, 0.2) is 263 Å². The van der Waals surface area contributed by atoms with Crippen molar-refractivity contribution in [2.75, 3.05) is 28.5 Å². The van der Waals surface area contributed by atoms with E-state index in [9.17, 15) is 51.7 Å². The van der Waals surface area contributed by atoms with Crippen molar-refractivity contribution in [2.45, 2.75) is 167 Å². The Kier molecular flexibility index (Phi) is 36.7. The Bertz CT molecular complexity index is 6910. The van der Waals surface area contributed by atoms with Crippen molar-refractivity contribution >= 4 is 282 Å². The molecule has 0 bridgehead atoms. The number of rotatable bonds is 18. The first-order valence-electron chi connectivity index (χ1n) is 40.5. The number of benzene rings is 5. The summed E-state index contributed by atoms with van der Waals surface area (Å²) in [6.07, 6.45) is 5.82. The van der Waals surface area contributed by atoms with Gasteiger partial charge in [0.05, 0.1) is 75.2 Å². The number of carbonyl (C=O) groups is 2. The van der Waals surface area contributed by atoms with Gasteiger partial charge in [-0.15, -0.1) is 23.2 Å². The lowest BCUT2D eigenvalue weighted by Crippen LogP contribution is -2.41. The number of aromatic nitrogens is 8. The van der Waals surface area contributed by atoms with Crippen molar-refractivity contribution in [1.29, 1.82) is 0 Å². The summed E-state index contributed by atoms with van der Waals surface area (Å²) >= 11 is 46.4. The third kappa shape index (κ3) is 27.8. The lowest BCUT2D eigenvalue weighted by molar-refractivity contribution is -0.115. The number of nitrogens with two attached hydrogens (primary N) is 1. The van der Waals surface area contributed by atoms with E-state index in [0.717, 1.165) is 19.4 Å². The molecule has 13 aromatic rings. The standard InChI is InChI=1S/C23H24BClN2O6S2.C19H14ClN5O3S2.C17H12BrClN2O4S2.C12H24B2O4.C8H6BrN3OS.C5H4BrClN2.C2H4Cl2/c1-22(2)23(3,4)33-24(32-22)17-15-20(21(25)26-16-17)27(34(28,29)18-11-7-5-8-12-18)35(30,31)19-13-9-6-10-14-19;1-11(26)22-19-24-15-8-7-14(23-18(15)29-19)12-9-16(17(20)21-10-12)25-30(27,28)13-5-3-2-4-6-13;18-13-11-16(17(19)20-12-13)21(26(22,23)14-7-3-1-4-8-14)27(24,25)15-9-5-2-6-10-15;1-9(2)10(3,4)16-13(15-9)14-17-11(5,6)12(7,8)18-14;1-4(13)10-8-11-5-2-3-6(9)12-7(5)14-8;6-3-1-4(8)5(7)9-2-3;1-2(3)4/h5-16H,1-4H3;2-10,25H,1H3,(H,22,24,26);1-12H;1-8H3;2-3H,1H3,(H,10,11,13);1-2H,8H2;2H,1H3. The monoisotopic (exact) mass is 2310 g/mol. The van der Waals surface area contributed by atoms with Gasteiger partial charge in [0.1, 0.15) is 41.5 Å². The summed E-state index contributed by atoms with van der Waals surface area (Å²) in [4.78, 5) is 55.6. The lowest BCUT2D eigenvalue weighted by Gasteiger charge is -2.32. The SMILES string of the molecule is CC(=O)Nc1nc2ccc(-c3cnc(Cl)c(NS(=O)(=O)c4ccccc4)c3)nc2s1.CC(=O)Nc1nc2ccc(Br)nc2s1.CC(Cl)Cl.CC1(C)OB(B2OC(C)(C)C(C)(C)O2)OC1(C)C.CC1(C)OB(c2cnc(Cl)c(N(S(=O)(=O)c3ccccc3)S(=O)(=O)c3ccccc3)c2)OC1(C)C.Nc1cc(Br)cnc1Cl.O=S(=O)(c1ccccc1)N(c1cc(Br)cnc1Cl)S(=O)(=O)c1ccccc1. The number of nitrogen functional groups attached to an aromatic ring is 1. The number of nitrogens with zero attached hydrogens (tertiary/aromatic N) is 10. The number of hydrogen-bond acceptors (Lipinski definition) is 29. The predicted octanol–water partition coefficient (Wildman–Crippen LogP) is 20.4. The fourth-order valence-corrected chi connectivity index (χ4v) is 24.1. The molecule has 0 spiro atoms. The van der Waals surface area contributed by atoms with Gasteiger partial charge in [-0.2, -0.15) is 7.42 Å². The van der Waals surface area contributed by atoms with Crippen LogP contribution in [0.3, 0.4) is 0 Å². The zero-order chi connectivity index (χ0) is 101. The van der Waals surface area contributed by atoms with Gasteiger partial charge in [0.25, 0.3) is 50.1 Å². The average Bonchev–Trinajstić information content (AvgIpc) is 1.08. The van der Waals surface area contributed by atoms with Crippen molar-refractivity contribution < 1.29 is 79.6 Å². The molecule has 0 saturated carbocycles. The average molecular weight is 2320 g/mol. The Balaban J connectivity index is 0.000000175. The maximum absolute atomic E-state index is 13.7. The van der Waals surface area contributed by atoms with Crippen molar-refractivity contribution in [1.82, 2.24) is 39.9 Å². The molecule has 0 radical (unpaired) electrons. The molecule has 11 heterocycles. The van der Waals surface area contributed by atoms with Gasteiger partial charge in [-0.25, -0.2) is 82.0 Å². The molecule has 2 amide bonds. The molecule has 0 atom stereocenters. The summed E-state index contributed by atoms with van der Waals surface area (Å²) in [5, 5.41) is 6.08. The van der Waals surface area contributed by atoms with Gasteiger partial charge in [0.15, 0.2) is 30.9 Å². The van der Waals surface area contributed by atoms with Gasteiger partial charge < -0.3 is 44.3 Å². The Labute approximate surface area is 859 Å². The number of anilines is 6. The van der Waals surface area contributed by atoms with E-state index in [1.807, 2.05) is 95.2 Å². The summed E-state index contributed by atoms with van der Waals surface area (Å²) in [5.41, 5.74) is 5.50. The van der Waals surface area contributed by atoms with Crippen LogP contribution in [0.4, 0.5) is 33.0 Å². The smallest absolute Gasteiger partial charge is 0.405 e. The Morgan fingerprint density at radius 3 is 1.12 bits per heavy atom. The normalized spacial score (nSPS) is 15.4. The van der Waals surface area contributed by atoms with Crippen molar-refractivity contribution in [3.05, 3.63) is 259 Å². The fourth-order valence-electron chi connectivity index (χ4n) is 11.8. The topological polar surface area (TPSA) is 432 Å². The van der Waals surface area contributed by atoms with Crippen LogP contribution in [-0.2, 0) is 87.6 Å². The zero-order valence-electron chi connectivity index (χ0n) is 75.3. The molecule has 3 saturated heterocycles. The number of fused-ring (bicyclic) bond motifs is 2. The summed E-state index contributed by atoms with van der Waals surface area (Å²) < 4.78 is 174. The van der Waals surface area contributed by atoms with Gasteiger partial charge in [0.2, 0.25) is 11.8 Å². The fraction of sp³-hybridized carbons (Fsp3) is 0.256. The van der Waals surface area contributed by atoms with Crippen molar-refractivity contribution in [3.8, 4) is 11.3 Å². The van der Waals surface area contributed by atoms with E-state index in [4.69, 9.17) is 103 Å². The van der Waals surface area contributed by atoms with Crippen LogP contribution in [0.2, 0.25) is 20.6 Å². The second kappa shape index (κ2) is 45.4. The van der Waals surface area contributed by atoms with Crippen LogP contribution in [0.25, 0.3) is 32.0 Å². The van der Waals surface area contributed by atoms with Crippen LogP contribution in [0.5, 0.6) is 0 Å². The van der Waals surface area contributed by atoms with E-state index in [0.29, 0.717) is 60.1 Å². The Morgan fingerprint density at radius 2 is 0.745 bits per heavy atom. The highest BCUT2D eigenvalue weighted by Gasteiger charge is 2.64. The first kappa shape index (κ1) is 111. The maximum Gasteiger partial charge on any atom is 0.496 e. The van der Waals surface area contributed by atoms with E-state index < -0.39 is 82.5 Å². The van der Waals surface area contributed by atoms with E-state index in [1.54, 1.807) is 79.9 Å². The molecule has 3 fully saturated rings. The molecule has 16 rings (SSSR count). The van der Waals surface area contributed by atoms with Crippen molar-refractivity contribution in [3.63, 3.8) is 0 Å². The van der Waals surface area contributed by atoms with Gasteiger partial charge in [-0.3, -0.25) is 14.3 Å². The Morgan fingerprint density at radius 1 is 0.416 bits per heavy atom. The van der Waals surface area contributed by atoms with E-state index in [-0.39, 0.29) is 96.1 Å². The lowest BCUT2D eigenvalue weighted by atomic mass is 9.49. The number of amides is 2. The molecule has 32 nitrogen and oxygen atoms in total. The number of pyridine rings is 6. The summed E-state index contributed by atoms with van der Waals surface area (Å²) in [6.45, 7) is 28.2. The van der Waals surface area contributed by atoms with Crippen molar-refractivity contribution in [2.24, 2.45) is 0 Å². The molecule has 8 aromatic heterocycles. The number of hydrogen-bond donors (Lipinski definition) is 4.